The molecule has 0 spiro atoms. The number of hydrogen-bond acceptors (Lipinski definition) is 5. The van der Waals surface area contributed by atoms with Crippen molar-refractivity contribution < 1.29 is 14.3 Å². The molecular formula is C20H19N3O3S. The normalized spacial score (nSPS) is 13.3. The zero-order valence-electron chi connectivity index (χ0n) is 15.1. The maximum Gasteiger partial charge on any atom is 0.264 e. The van der Waals surface area contributed by atoms with Crippen LogP contribution in [0.2, 0.25) is 0 Å². The van der Waals surface area contributed by atoms with Crippen LogP contribution in [-0.2, 0) is 13.0 Å². The molecule has 0 atom stereocenters. The molecule has 1 aliphatic heterocycles. The van der Waals surface area contributed by atoms with Crippen LogP contribution in [0.25, 0.3) is 11.4 Å². The Morgan fingerprint density at radius 1 is 1.22 bits per heavy atom. The Morgan fingerprint density at radius 2 is 2.04 bits per heavy atom. The number of ether oxygens (including phenoxy) is 1. The standard InChI is InChI=1S/C20H19N3O3S/c1-12(24)17-6-7-18(27-17)20(25)23-9-8-15-16(11-23)22-19(21-15)13-4-3-5-14(10-13)26-2/h3-7,10H,8-9,11H2,1-2H3,(H,21,22). The third-order valence-electron chi connectivity index (χ3n) is 4.63. The summed E-state index contributed by atoms with van der Waals surface area (Å²) in [6.07, 6.45) is 0.701. The number of ketones is 1. The molecule has 0 aliphatic carbocycles. The fraction of sp³-hybridized carbons (Fsp3) is 0.250. The lowest BCUT2D eigenvalue weighted by molar-refractivity contribution is 0.0736. The van der Waals surface area contributed by atoms with Gasteiger partial charge in [0.2, 0.25) is 0 Å². The molecule has 3 heterocycles. The first-order valence-corrected chi connectivity index (χ1v) is 9.49. The second-order valence-corrected chi connectivity index (χ2v) is 7.52. The molecule has 7 heteroatoms. The molecule has 1 aliphatic rings. The molecule has 27 heavy (non-hydrogen) atoms. The molecule has 0 radical (unpaired) electrons. The molecule has 0 saturated heterocycles. The van der Waals surface area contributed by atoms with E-state index in [2.05, 4.69) is 4.98 Å². The quantitative estimate of drug-likeness (QED) is 0.702. The van der Waals surface area contributed by atoms with Crippen molar-refractivity contribution in [2.75, 3.05) is 13.7 Å². The average molecular weight is 381 g/mol. The number of methoxy groups -OCH3 is 1. The van der Waals surface area contributed by atoms with Gasteiger partial charge in [-0.25, -0.2) is 4.98 Å². The Bertz CT molecular complexity index is 1020. The van der Waals surface area contributed by atoms with Crippen molar-refractivity contribution in [3.8, 4) is 17.1 Å². The zero-order valence-corrected chi connectivity index (χ0v) is 15.9. The number of hydrogen-bond donors (Lipinski definition) is 1. The molecule has 0 fully saturated rings. The summed E-state index contributed by atoms with van der Waals surface area (Å²) in [5.41, 5.74) is 2.90. The third-order valence-corrected chi connectivity index (χ3v) is 5.80. The topological polar surface area (TPSA) is 75.3 Å². The summed E-state index contributed by atoms with van der Waals surface area (Å²) in [5, 5.41) is 0. The van der Waals surface area contributed by atoms with Gasteiger partial charge in [0, 0.05) is 18.5 Å². The van der Waals surface area contributed by atoms with Crippen LogP contribution in [-0.4, -0.2) is 40.2 Å². The van der Waals surface area contributed by atoms with Crippen LogP contribution in [0.5, 0.6) is 5.75 Å². The average Bonchev–Trinajstić information content (AvgIpc) is 3.34. The molecule has 138 valence electrons. The third kappa shape index (κ3) is 3.38. The number of rotatable bonds is 4. The fourth-order valence-corrected chi connectivity index (χ4v) is 4.04. The molecule has 3 aromatic rings. The second-order valence-electron chi connectivity index (χ2n) is 6.44. The minimum absolute atomic E-state index is 0.0171. The Morgan fingerprint density at radius 3 is 2.78 bits per heavy atom. The van der Waals surface area contributed by atoms with Gasteiger partial charge in [-0.3, -0.25) is 9.59 Å². The Kier molecular flexibility index (Phi) is 4.53. The van der Waals surface area contributed by atoms with Crippen LogP contribution in [0.4, 0.5) is 0 Å². The lowest BCUT2D eigenvalue weighted by Crippen LogP contribution is -2.35. The van der Waals surface area contributed by atoms with Crippen molar-refractivity contribution in [3.05, 3.63) is 57.5 Å². The van der Waals surface area contributed by atoms with Gasteiger partial charge in [-0.15, -0.1) is 11.3 Å². The number of carbonyl (C=O) groups excluding carboxylic acids is 2. The highest BCUT2D eigenvalue weighted by Gasteiger charge is 2.26. The molecule has 1 amide bonds. The number of aromatic amines is 1. The number of imidazole rings is 1. The van der Waals surface area contributed by atoms with Crippen molar-refractivity contribution in [3.63, 3.8) is 0 Å². The summed E-state index contributed by atoms with van der Waals surface area (Å²) < 4.78 is 5.28. The Labute approximate surface area is 160 Å². The highest BCUT2D eigenvalue weighted by molar-refractivity contribution is 7.15. The molecule has 4 rings (SSSR count). The van der Waals surface area contributed by atoms with Gasteiger partial charge in [0.25, 0.3) is 5.91 Å². The van der Waals surface area contributed by atoms with E-state index in [9.17, 15) is 9.59 Å². The van der Waals surface area contributed by atoms with Gasteiger partial charge < -0.3 is 14.6 Å². The SMILES string of the molecule is COc1cccc(-c2nc3c([nH]2)CN(C(=O)c2ccc(C(C)=O)s2)CC3)c1. The smallest absolute Gasteiger partial charge is 0.264 e. The monoisotopic (exact) mass is 381 g/mol. The predicted octanol–water partition coefficient (Wildman–Crippen LogP) is 3.55. The Hall–Kier alpha value is -2.93. The van der Waals surface area contributed by atoms with Gasteiger partial charge in [0.1, 0.15) is 11.6 Å². The number of fused-ring (bicyclic) bond motifs is 1. The summed E-state index contributed by atoms with van der Waals surface area (Å²) in [6, 6.07) is 11.2. The highest BCUT2D eigenvalue weighted by Crippen LogP contribution is 2.27. The molecular weight excluding hydrogens is 362 g/mol. The summed E-state index contributed by atoms with van der Waals surface area (Å²) in [7, 11) is 1.64. The summed E-state index contributed by atoms with van der Waals surface area (Å²) in [6.45, 7) is 2.61. The van der Waals surface area contributed by atoms with Crippen molar-refractivity contribution >= 4 is 23.0 Å². The minimum atomic E-state index is -0.0457. The van der Waals surface area contributed by atoms with E-state index in [-0.39, 0.29) is 11.7 Å². The molecule has 0 unspecified atom stereocenters. The number of benzene rings is 1. The first kappa shape index (κ1) is 17.5. The van der Waals surface area contributed by atoms with Gasteiger partial charge in [0.15, 0.2) is 5.78 Å². The van der Waals surface area contributed by atoms with Crippen LogP contribution < -0.4 is 4.74 Å². The Balaban J connectivity index is 1.55. The molecule has 6 nitrogen and oxygen atoms in total. The second kappa shape index (κ2) is 7.00. The van der Waals surface area contributed by atoms with E-state index in [1.54, 1.807) is 24.1 Å². The number of amides is 1. The van der Waals surface area contributed by atoms with Crippen LogP contribution in [0.1, 0.15) is 37.7 Å². The van der Waals surface area contributed by atoms with Crippen molar-refractivity contribution in [2.45, 2.75) is 19.9 Å². The van der Waals surface area contributed by atoms with E-state index in [4.69, 9.17) is 9.72 Å². The van der Waals surface area contributed by atoms with Gasteiger partial charge in [-0.1, -0.05) is 12.1 Å². The number of carbonyl (C=O) groups is 2. The van der Waals surface area contributed by atoms with E-state index in [0.717, 1.165) is 28.5 Å². The van der Waals surface area contributed by atoms with E-state index in [0.29, 0.717) is 29.3 Å². The number of H-pyrrole nitrogens is 1. The fourth-order valence-electron chi connectivity index (χ4n) is 3.17. The van der Waals surface area contributed by atoms with Crippen LogP contribution in [0.15, 0.2) is 36.4 Å². The molecule has 2 aromatic heterocycles. The zero-order chi connectivity index (χ0) is 19.0. The maximum atomic E-state index is 12.8. The molecule has 0 bridgehead atoms. The summed E-state index contributed by atoms with van der Waals surface area (Å²) in [4.78, 5) is 35.3. The number of nitrogens with one attached hydrogen (secondary N) is 1. The van der Waals surface area contributed by atoms with Gasteiger partial charge in [-0.05, 0) is 31.2 Å². The summed E-state index contributed by atoms with van der Waals surface area (Å²) in [5.74, 6) is 1.49. The van der Waals surface area contributed by atoms with E-state index < -0.39 is 0 Å². The number of nitrogens with zero attached hydrogens (tertiary/aromatic N) is 2. The number of aromatic nitrogens is 2. The molecule has 1 N–H and O–H groups in total. The first-order chi connectivity index (χ1) is 13.0. The van der Waals surface area contributed by atoms with Crippen molar-refractivity contribution in [1.82, 2.24) is 14.9 Å². The van der Waals surface area contributed by atoms with Crippen molar-refractivity contribution in [1.29, 1.82) is 0 Å². The van der Waals surface area contributed by atoms with Crippen LogP contribution in [0, 0.1) is 0 Å². The maximum absolute atomic E-state index is 12.8. The summed E-state index contributed by atoms with van der Waals surface area (Å²) >= 11 is 1.25. The highest BCUT2D eigenvalue weighted by atomic mass is 32.1. The van der Waals surface area contributed by atoms with E-state index >= 15 is 0 Å². The van der Waals surface area contributed by atoms with Gasteiger partial charge in [-0.2, -0.15) is 0 Å². The van der Waals surface area contributed by atoms with Crippen molar-refractivity contribution in [2.24, 2.45) is 0 Å². The van der Waals surface area contributed by atoms with Crippen LogP contribution >= 0.6 is 11.3 Å². The minimum Gasteiger partial charge on any atom is -0.497 e. The lowest BCUT2D eigenvalue weighted by atomic mass is 10.1. The lowest BCUT2D eigenvalue weighted by Gasteiger charge is -2.25. The van der Waals surface area contributed by atoms with Gasteiger partial charge >= 0.3 is 0 Å². The van der Waals surface area contributed by atoms with E-state index in [1.807, 2.05) is 24.3 Å². The molecule has 1 aromatic carbocycles. The molecule has 0 saturated carbocycles. The first-order valence-electron chi connectivity index (χ1n) is 8.67. The number of thiophene rings is 1. The predicted molar refractivity (Wildman–Crippen MR) is 103 cm³/mol. The van der Waals surface area contributed by atoms with E-state index in [1.165, 1.54) is 18.3 Å². The van der Waals surface area contributed by atoms with Gasteiger partial charge in [0.05, 0.1) is 34.8 Å². The van der Waals surface area contributed by atoms with Crippen LogP contribution in [0.3, 0.4) is 0 Å². The largest absolute Gasteiger partial charge is 0.497 e. The number of Topliss-reactive ketones (excluding diaryl/α,β-unsaturated/α-hetero) is 1.